The second kappa shape index (κ2) is 3.98. The lowest BCUT2D eigenvalue weighted by Crippen LogP contribution is -2.33. The van der Waals surface area contributed by atoms with Gasteiger partial charge in [-0.15, -0.1) is 0 Å². The molecule has 94 valence electrons. The minimum atomic E-state index is -4.54. The Morgan fingerprint density at radius 2 is 1.65 bits per heavy atom. The Morgan fingerprint density at radius 1 is 1.06 bits per heavy atom. The van der Waals surface area contributed by atoms with Crippen LogP contribution in [0.15, 0.2) is 18.2 Å². The molecule has 1 fully saturated rings. The van der Waals surface area contributed by atoms with Crippen molar-refractivity contribution >= 4 is 0 Å². The van der Waals surface area contributed by atoms with E-state index in [0.29, 0.717) is 18.9 Å². The zero-order valence-electron chi connectivity index (χ0n) is 9.15. The van der Waals surface area contributed by atoms with Crippen LogP contribution >= 0.6 is 0 Å². The maximum Gasteiger partial charge on any atom is 0.416 e. The summed E-state index contributed by atoms with van der Waals surface area (Å²) in [5.74, 6) is -0.883. The summed E-state index contributed by atoms with van der Waals surface area (Å²) >= 11 is 0. The highest BCUT2D eigenvalue weighted by Gasteiger charge is 2.36. The van der Waals surface area contributed by atoms with E-state index >= 15 is 0 Å². The Kier molecular flexibility index (Phi) is 2.89. The molecule has 0 aromatic heterocycles. The molecule has 0 aliphatic heterocycles. The predicted octanol–water partition coefficient (Wildman–Crippen LogP) is 3.57. The average molecular weight is 247 g/mol. The molecule has 0 radical (unpaired) electrons. The molecule has 2 N–H and O–H groups in total. The lowest BCUT2D eigenvalue weighted by Gasteiger charge is -2.25. The smallest absolute Gasteiger partial charge is 0.321 e. The molecule has 0 atom stereocenters. The second-order valence-electron chi connectivity index (χ2n) is 4.59. The lowest BCUT2D eigenvalue weighted by atomic mass is 9.88. The number of benzene rings is 1. The van der Waals surface area contributed by atoms with E-state index in [-0.39, 0.29) is 5.56 Å². The van der Waals surface area contributed by atoms with Crippen molar-refractivity contribution in [3.8, 4) is 0 Å². The Bertz CT molecular complexity index is 419. The summed E-state index contributed by atoms with van der Waals surface area (Å²) in [6.07, 6.45) is -1.59. The molecular formula is C12H13F4N. The summed E-state index contributed by atoms with van der Waals surface area (Å²) < 4.78 is 50.9. The summed E-state index contributed by atoms with van der Waals surface area (Å²) in [6.45, 7) is 0. The van der Waals surface area contributed by atoms with E-state index in [1.54, 1.807) is 0 Å². The molecule has 1 aromatic carbocycles. The highest BCUT2D eigenvalue weighted by Crippen LogP contribution is 2.39. The molecule has 0 bridgehead atoms. The van der Waals surface area contributed by atoms with Crippen LogP contribution < -0.4 is 5.73 Å². The molecular weight excluding hydrogens is 234 g/mol. The molecule has 1 aliphatic rings. The van der Waals surface area contributed by atoms with Crippen LogP contribution in [0.1, 0.15) is 36.8 Å². The summed E-state index contributed by atoms with van der Waals surface area (Å²) in [5.41, 5.74) is 4.51. The molecule has 1 nitrogen and oxygen atoms in total. The molecule has 1 saturated carbocycles. The Morgan fingerprint density at radius 3 is 2.18 bits per heavy atom. The topological polar surface area (TPSA) is 26.0 Å². The molecule has 17 heavy (non-hydrogen) atoms. The van der Waals surface area contributed by atoms with Gasteiger partial charge < -0.3 is 5.73 Å². The van der Waals surface area contributed by atoms with Gasteiger partial charge in [0.25, 0.3) is 0 Å². The molecule has 0 amide bonds. The van der Waals surface area contributed by atoms with Gasteiger partial charge in [0.2, 0.25) is 0 Å². The van der Waals surface area contributed by atoms with Crippen molar-refractivity contribution in [3.05, 3.63) is 35.1 Å². The Balaban J connectivity index is 2.45. The van der Waals surface area contributed by atoms with Crippen molar-refractivity contribution in [2.45, 2.75) is 37.4 Å². The van der Waals surface area contributed by atoms with Crippen LogP contribution in [0.2, 0.25) is 0 Å². The standard InChI is InChI=1S/C12H13F4N/c13-10-6-8(11(17)3-1-2-4-11)5-9(7-10)12(14,15)16/h5-7H,1-4,17H2. The van der Waals surface area contributed by atoms with Crippen molar-refractivity contribution in [1.29, 1.82) is 0 Å². The van der Waals surface area contributed by atoms with Crippen LogP contribution in [0.3, 0.4) is 0 Å². The summed E-state index contributed by atoms with van der Waals surface area (Å²) in [6, 6.07) is 2.58. The number of hydrogen-bond acceptors (Lipinski definition) is 1. The molecule has 5 heteroatoms. The minimum Gasteiger partial charge on any atom is -0.321 e. The van der Waals surface area contributed by atoms with Gasteiger partial charge in [0.1, 0.15) is 5.82 Å². The van der Waals surface area contributed by atoms with Gasteiger partial charge in [0.15, 0.2) is 0 Å². The van der Waals surface area contributed by atoms with E-state index in [2.05, 4.69) is 0 Å². The van der Waals surface area contributed by atoms with Crippen molar-refractivity contribution < 1.29 is 17.6 Å². The van der Waals surface area contributed by atoms with Crippen LogP contribution in [0, 0.1) is 5.82 Å². The van der Waals surface area contributed by atoms with Crippen molar-refractivity contribution in [3.63, 3.8) is 0 Å². The summed E-state index contributed by atoms with van der Waals surface area (Å²) in [5, 5.41) is 0. The first-order valence-corrected chi connectivity index (χ1v) is 5.48. The number of nitrogens with two attached hydrogens (primary N) is 1. The first kappa shape index (κ1) is 12.4. The molecule has 1 aromatic rings. The third kappa shape index (κ3) is 2.44. The minimum absolute atomic E-state index is 0.252. The fourth-order valence-corrected chi connectivity index (χ4v) is 2.34. The van der Waals surface area contributed by atoms with Gasteiger partial charge in [-0.3, -0.25) is 0 Å². The maximum absolute atomic E-state index is 13.2. The lowest BCUT2D eigenvalue weighted by molar-refractivity contribution is -0.137. The van der Waals surface area contributed by atoms with E-state index in [1.165, 1.54) is 0 Å². The fraction of sp³-hybridized carbons (Fsp3) is 0.500. The maximum atomic E-state index is 13.2. The van der Waals surface area contributed by atoms with Gasteiger partial charge in [-0.05, 0) is 36.6 Å². The van der Waals surface area contributed by atoms with Gasteiger partial charge in [0, 0.05) is 5.54 Å². The third-order valence-corrected chi connectivity index (χ3v) is 3.30. The molecule has 0 unspecified atom stereocenters. The van der Waals surface area contributed by atoms with E-state index < -0.39 is 23.1 Å². The normalized spacial score (nSPS) is 19.6. The number of alkyl halides is 3. The Labute approximate surface area is 96.6 Å². The zero-order chi connectivity index (χ0) is 12.7. The van der Waals surface area contributed by atoms with Crippen LogP contribution in [0.5, 0.6) is 0 Å². The van der Waals surface area contributed by atoms with Crippen molar-refractivity contribution in [1.82, 2.24) is 0 Å². The number of rotatable bonds is 1. The van der Waals surface area contributed by atoms with Gasteiger partial charge in [-0.1, -0.05) is 12.8 Å². The number of hydrogen-bond donors (Lipinski definition) is 1. The van der Waals surface area contributed by atoms with Gasteiger partial charge in [0.05, 0.1) is 5.56 Å². The van der Waals surface area contributed by atoms with Crippen molar-refractivity contribution in [2.24, 2.45) is 5.73 Å². The number of halogens is 4. The van der Waals surface area contributed by atoms with Gasteiger partial charge >= 0.3 is 6.18 Å². The third-order valence-electron chi connectivity index (χ3n) is 3.30. The van der Waals surface area contributed by atoms with E-state index in [4.69, 9.17) is 5.73 Å². The molecule has 0 saturated heterocycles. The fourth-order valence-electron chi connectivity index (χ4n) is 2.34. The first-order valence-electron chi connectivity index (χ1n) is 5.48. The summed E-state index contributed by atoms with van der Waals surface area (Å²) in [4.78, 5) is 0. The highest BCUT2D eigenvalue weighted by molar-refractivity contribution is 5.32. The highest BCUT2D eigenvalue weighted by atomic mass is 19.4. The van der Waals surface area contributed by atoms with Crippen molar-refractivity contribution in [2.75, 3.05) is 0 Å². The quantitative estimate of drug-likeness (QED) is 0.754. The predicted molar refractivity (Wildman–Crippen MR) is 55.7 cm³/mol. The molecule has 0 heterocycles. The molecule has 2 rings (SSSR count). The average Bonchev–Trinajstić information content (AvgIpc) is 2.64. The van der Waals surface area contributed by atoms with Crippen LogP contribution in [0.25, 0.3) is 0 Å². The monoisotopic (exact) mass is 247 g/mol. The van der Waals surface area contributed by atoms with Gasteiger partial charge in [-0.25, -0.2) is 4.39 Å². The van der Waals surface area contributed by atoms with E-state index in [0.717, 1.165) is 25.0 Å². The van der Waals surface area contributed by atoms with E-state index in [1.807, 2.05) is 0 Å². The van der Waals surface area contributed by atoms with Crippen LogP contribution in [-0.4, -0.2) is 0 Å². The largest absolute Gasteiger partial charge is 0.416 e. The zero-order valence-corrected chi connectivity index (χ0v) is 9.15. The summed E-state index contributed by atoms with van der Waals surface area (Å²) in [7, 11) is 0. The van der Waals surface area contributed by atoms with Crippen LogP contribution in [-0.2, 0) is 11.7 Å². The molecule has 1 aliphatic carbocycles. The Hall–Kier alpha value is -1.10. The SMILES string of the molecule is NC1(c2cc(F)cc(C(F)(F)F)c2)CCCC1. The molecule has 0 spiro atoms. The van der Waals surface area contributed by atoms with Gasteiger partial charge in [-0.2, -0.15) is 13.2 Å². The van der Waals surface area contributed by atoms with Crippen LogP contribution in [0.4, 0.5) is 17.6 Å². The first-order chi connectivity index (χ1) is 7.81. The second-order valence-corrected chi connectivity index (χ2v) is 4.59. The van der Waals surface area contributed by atoms with E-state index in [9.17, 15) is 17.6 Å².